The first-order chi connectivity index (χ1) is 7.83. The molecule has 0 heterocycles. The second kappa shape index (κ2) is 10.8. The van der Waals surface area contributed by atoms with Gasteiger partial charge in [-0.3, -0.25) is 4.79 Å². The van der Waals surface area contributed by atoms with Crippen LogP contribution >= 0.6 is 12.4 Å². The molecule has 3 nitrogen and oxygen atoms in total. The minimum atomic E-state index is 0. The molecule has 102 valence electrons. The first-order valence-corrected chi connectivity index (χ1v) is 6.79. The highest BCUT2D eigenvalue weighted by Gasteiger charge is 2.15. The Hall–Kier alpha value is -0.280. The minimum Gasteiger partial charge on any atom is -0.356 e. The summed E-state index contributed by atoms with van der Waals surface area (Å²) in [6.07, 6.45) is 10.6. The van der Waals surface area contributed by atoms with Gasteiger partial charge in [0.2, 0.25) is 5.91 Å². The molecule has 0 atom stereocenters. The number of hydrogen-bond donors (Lipinski definition) is 2. The molecule has 0 aromatic rings. The Balaban J connectivity index is 0.00000256. The third-order valence-electron chi connectivity index (χ3n) is 3.40. The van der Waals surface area contributed by atoms with Gasteiger partial charge in [0.15, 0.2) is 0 Å². The van der Waals surface area contributed by atoms with Gasteiger partial charge in [0.1, 0.15) is 0 Å². The molecule has 0 spiro atoms. The number of nitrogens with one attached hydrogen (secondary N) is 1. The summed E-state index contributed by atoms with van der Waals surface area (Å²) in [5.74, 6) is 0.876. The molecule has 1 amide bonds. The summed E-state index contributed by atoms with van der Waals surface area (Å²) in [6, 6.07) is 0. The zero-order valence-corrected chi connectivity index (χ0v) is 11.6. The minimum absolute atomic E-state index is 0. The summed E-state index contributed by atoms with van der Waals surface area (Å²) in [5, 5.41) is 2.99. The van der Waals surface area contributed by atoms with Gasteiger partial charge < -0.3 is 11.1 Å². The van der Waals surface area contributed by atoms with E-state index in [1.807, 2.05) is 0 Å². The molecule has 1 aliphatic rings. The van der Waals surface area contributed by atoms with E-state index in [1.165, 1.54) is 38.5 Å². The Morgan fingerprint density at radius 1 is 1.12 bits per heavy atom. The lowest BCUT2D eigenvalue weighted by Crippen LogP contribution is -2.26. The molecule has 4 heteroatoms. The van der Waals surface area contributed by atoms with Crippen molar-refractivity contribution in [2.24, 2.45) is 11.7 Å². The monoisotopic (exact) mass is 262 g/mol. The summed E-state index contributed by atoms with van der Waals surface area (Å²) in [7, 11) is 0. The van der Waals surface area contributed by atoms with Gasteiger partial charge in [-0.2, -0.15) is 0 Å². The highest BCUT2D eigenvalue weighted by molar-refractivity contribution is 5.85. The number of halogens is 1. The maximum atomic E-state index is 11.6. The first-order valence-electron chi connectivity index (χ1n) is 6.79. The molecule has 0 aromatic carbocycles. The van der Waals surface area contributed by atoms with Gasteiger partial charge in [-0.15, -0.1) is 12.4 Å². The normalized spacial score (nSPS) is 17.0. The molecule has 17 heavy (non-hydrogen) atoms. The Morgan fingerprint density at radius 2 is 1.76 bits per heavy atom. The number of nitrogens with two attached hydrogens (primary N) is 1. The Labute approximate surface area is 111 Å². The van der Waals surface area contributed by atoms with E-state index in [9.17, 15) is 4.79 Å². The van der Waals surface area contributed by atoms with Crippen LogP contribution in [0.4, 0.5) is 0 Å². The topological polar surface area (TPSA) is 55.1 Å². The van der Waals surface area contributed by atoms with Crippen molar-refractivity contribution in [3.8, 4) is 0 Å². The molecule has 1 fully saturated rings. The lowest BCUT2D eigenvalue weighted by Gasteiger charge is -2.13. The van der Waals surface area contributed by atoms with Crippen molar-refractivity contribution in [3.63, 3.8) is 0 Å². The molecule has 1 saturated carbocycles. The smallest absolute Gasteiger partial charge is 0.220 e. The van der Waals surface area contributed by atoms with Gasteiger partial charge in [0.25, 0.3) is 0 Å². The van der Waals surface area contributed by atoms with E-state index in [0.29, 0.717) is 5.92 Å². The van der Waals surface area contributed by atoms with E-state index in [1.54, 1.807) is 0 Å². The molecular weight excluding hydrogens is 236 g/mol. The molecule has 0 aliphatic heterocycles. The second-order valence-electron chi connectivity index (χ2n) is 4.91. The summed E-state index contributed by atoms with van der Waals surface area (Å²) in [4.78, 5) is 11.6. The van der Waals surface area contributed by atoms with Crippen LogP contribution in [0.5, 0.6) is 0 Å². The van der Waals surface area contributed by atoms with Gasteiger partial charge in [-0.05, 0) is 38.1 Å². The molecule has 1 rings (SSSR count). The van der Waals surface area contributed by atoms with Crippen molar-refractivity contribution in [2.75, 3.05) is 13.1 Å². The molecule has 0 bridgehead atoms. The molecule has 0 saturated heterocycles. The van der Waals surface area contributed by atoms with Crippen LogP contribution in [0.3, 0.4) is 0 Å². The van der Waals surface area contributed by atoms with Gasteiger partial charge in [0.05, 0.1) is 0 Å². The van der Waals surface area contributed by atoms with Crippen LogP contribution in [0.15, 0.2) is 0 Å². The van der Waals surface area contributed by atoms with E-state index in [2.05, 4.69) is 5.32 Å². The highest BCUT2D eigenvalue weighted by atomic mass is 35.5. The number of rotatable bonds is 6. The number of carbonyl (C=O) groups is 1. The van der Waals surface area contributed by atoms with E-state index in [4.69, 9.17) is 5.73 Å². The second-order valence-corrected chi connectivity index (χ2v) is 4.91. The highest BCUT2D eigenvalue weighted by Crippen LogP contribution is 2.25. The third-order valence-corrected chi connectivity index (χ3v) is 3.40. The Kier molecular flexibility index (Phi) is 10.7. The first kappa shape index (κ1) is 16.7. The van der Waals surface area contributed by atoms with Crippen LogP contribution < -0.4 is 11.1 Å². The van der Waals surface area contributed by atoms with Gasteiger partial charge in [-0.25, -0.2) is 0 Å². The van der Waals surface area contributed by atoms with Crippen molar-refractivity contribution in [1.29, 1.82) is 0 Å². The van der Waals surface area contributed by atoms with E-state index in [0.717, 1.165) is 32.4 Å². The predicted molar refractivity (Wildman–Crippen MR) is 74.4 cm³/mol. The SMILES string of the molecule is Cl.NCCCCNC(=O)CC1CCCCCC1. The Morgan fingerprint density at radius 3 is 2.35 bits per heavy atom. The lowest BCUT2D eigenvalue weighted by atomic mass is 9.96. The van der Waals surface area contributed by atoms with E-state index in [-0.39, 0.29) is 18.3 Å². The molecule has 0 unspecified atom stereocenters. The van der Waals surface area contributed by atoms with Crippen LogP contribution in [0.25, 0.3) is 0 Å². The van der Waals surface area contributed by atoms with Crippen LogP contribution in [0, 0.1) is 5.92 Å². The maximum Gasteiger partial charge on any atom is 0.220 e. The largest absolute Gasteiger partial charge is 0.356 e. The van der Waals surface area contributed by atoms with Gasteiger partial charge in [-0.1, -0.05) is 25.7 Å². The van der Waals surface area contributed by atoms with Crippen molar-refractivity contribution >= 4 is 18.3 Å². The fourth-order valence-electron chi connectivity index (χ4n) is 2.40. The lowest BCUT2D eigenvalue weighted by molar-refractivity contribution is -0.122. The average Bonchev–Trinajstić information content (AvgIpc) is 2.53. The van der Waals surface area contributed by atoms with Crippen LogP contribution in [0.1, 0.15) is 57.8 Å². The predicted octanol–water partition coefficient (Wildman–Crippen LogP) is 2.62. The average molecular weight is 263 g/mol. The van der Waals surface area contributed by atoms with E-state index < -0.39 is 0 Å². The Bertz CT molecular complexity index is 192. The fraction of sp³-hybridized carbons (Fsp3) is 0.923. The molecular formula is C13H27ClN2O. The van der Waals surface area contributed by atoms with Gasteiger partial charge in [0, 0.05) is 13.0 Å². The zero-order valence-electron chi connectivity index (χ0n) is 10.7. The number of hydrogen-bond acceptors (Lipinski definition) is 2. The van der Waals surface area contributed by atoms with Gasteiger partial charge >= 0.3 is 0 Å². The third kappa shape index (κ3) is 8.44. The van der Waals surface area contributed by atoms with Crippen LogP contribution in [0.2, 0.25) is 0 Å². The van der Waals surface area contributed by atoms with Crippen molar-refractivity contribution in [2.45, 2.75) is 57.8 Å². The molecule has 0 radical (unpaired) electrons. The van der Waals surface area contributed by atoms with Crippen LogP contribution in [-0.2, 0) is 4.79 Å². The quantitative estimate of drug-likeness (QED) is 0.571. The molecule has 3 N–H and O–H groups in total. The maximum absolute atomic E-state index is 11.6. The van der Waals surface area contributed by atoms with Crippen LogP contribution in [-0.4, -0.2) is 19.0 Å². The summed E-state index contributed by atoms with van der Waals surface area (Å²) >= 11 is 0. The zero-order chi connectivity index (χ0) is 11.6. The summed E-state index contributed by atoms with van der Waals surface area (Å²) < 4.78 is 0. The fourth-order valence-corrected chi connectivity index (χ4v) is 2.40. The number of unbranched alkanes of at least 4 members (excludes halogenated alkanes) is 1. The standard InChI is InChI=1S/C13H26N2O.ClH/c14-9-5-6-10-15-13(16)11-12-7-3-1-2-4-8-12;/h12H,1-11,14H2,(H,15,16);1H. The molecule has 0 aromatic heterocycles. The van der Waals surface area contributed by atoms with E-state index >= 15 is 0 Å². The van der Waals surface area contributed by atoms with Crippen molar-refractivity contribution < 1.29 is 4.79 Å². The number of amides is 1. The summed E-state index contributed by atoms with van der Waals surface area (Å²) in [6.45, 7) is 1.52. The van der Waals surface area contributed by atoms with Crippen molar-refractivity contribution in [1.82, 2.24) is 5.32 Å². The molecule has 1 aliphatic carbocycles. The summed E-state index contributed by atoms with van der Waals surface area (Å²) in [5.41, 5.74) is 5.40. The number of carbonyl (C=O) groups excluding carboxylic acids is 1. The van der Waals surface area contributed by atoms with Crippen molar-refractivity contribution in [3.05, 3.63) is 0 Å².